The van der Waals surface area contributed by atoms with Crippen molar-refractivity contribution in [3.8, 4) is 16.8 Å². The third-order valence-electron chi connectivity index (χ3n) is 9.77. The van der Waals surface area contributed by atoms with Crippen LogP contribution in [0.25, 0.3) is 69.6 Å². The van der Waals surface area contributed by atoms with Crippen LogP contribution in [0.2, 0.25) is 0 Å². The molecule has 2 nitrogen and oxygen atoms in total. The Hall–Kier alpha value is -6.16. The molecule has 0 atom stereocenters. The molecule has 0 radical (unpaired) electrons. The fourth-order valence-corrected chi connectivity index (χ4v) is 8.79. The Morgan fingerprint density at radius 2 is 1.08 bits per heavy atom. The molecule has 0 aliphatic rings. The van der Waals surface area contributed by atoms with E-state index in [-0.39, 0.29) is 0 Å². The van der Waals surface area contributed by atoms with Gasteiger partial charge in [0.1, 0.15) is 0 Å². The van der Waals surface area contributed by atoms with Gasteiger partial charge in [-0.25, -0.2) is 0 Å². The molecule has 230 valence electrons. The highest BCUT2D eigenvalue weighted by atomic mass is 32.1. The molecular weight excluding hydrogens is 613 g/mol. The highest BCUT2D eigenvalue weighted by molar-refractivity contribution is 7.26. The van der Waals surface area contributed by atoms with Crippen molar-refractivity contribution in [3.05, 3.63) is 182 Å². The number of para-hydroxylation sites is 1. The van der Waals surface area contributed by atoms with E-state index < -0.39 is 0 Å². The van der Waals surface area contributed by atoms with Crippen LogP contribution in [0.5, 0.6) is 0 Å². The molecule has 0 aliphatic heterocycles. The van der Waals surface area contributed by atoms with Crippen molar-refractivity contribution < 1.29 is 0 Å². The number of aromatic nitrogens is 1. The van der Waals surface area contributed by atoms with E-state index in [0.717, 1.165) is 22.7 Å². The summed E-state index contributed by atoms with van der Waals surface area (Å²) in [6, 6.07) is 66.1. The van der Waals surface area contributed by atoms with Crippen LogP contribution in [0.15, 0.2) is 182 Å². The number of hydrogen-bond donors (Lipinski definition) is 0. The summed E-state index contributed by atoms with van der Waals surface area (Å²) in [5.74, 6) is 0. The summed E-state index contributed by atoms with van der Waals surface area (Å²) in [5, 5.41) is 7.65. The van der Waals surface area contributed by atoms with E-state index in [0.29, 0.717) is 0 Å². The quantitative estimate of drug-likeness (QED) is 0.181. The summed E-state index contributed by atoms with van der Waals surface area (Å²) in [5.41, 5.74) is 9.37. The second-order valence-corrected chi connectivity index (χ2v) is 13.6. The monoisotopic (exact) mass is 642 g/mol. The van der Waals surface area contributed by atoms with Gasteiger partial charge in [0, 0.05) is 53.4 Å². The first-order chi connectivity index (χ1) is 24.3. The molecule has 0 amide bonds. The van der Waals surface area contributed by atoms with Crippen LogP contribution in [-0.4, -0.2) is 4.57 Å². The van der Waals surface area contributed by atoms with Gasteiger partial charge in [0.05, 0.1) is 16.7 Å². The van der Waals surface area contributed by atoms with Crippen LogP contribution in [0, 0.1) is 0 Å². The van der Waals surface area contributed by atoms with Crippen molar-refractivity contribution in [1.82, 2.24) is 4.57 Å². The number of anilines is 3. The maximum absolute atomic E-state index is 2.44. The first-order valence-corrected chi connectivity index (χ1v) is 17.5. The second kappa shape index (κ2) is 11.2. The van der Waals surface area contributed by atoms with Crippen molar-refractivity contribution in [2.45, 2.75) is 0 Å². The molecular formula is C46H30N2S. The standard InChI is InChI=1S/C46H30N2S/c1-3-12-31(13-4-1)32-22-24-35(25-23-32)47(41-20-11-15-33-14-7-8-18-37(33)41)36-26-27-40-43(30-36)48(34-16-5-2-6-17-34)42-29-28-39-38-19-9-10-21-44(38)49-46(39)45(40)42/h1-30H. The molecule has 2 heterocycles. The molecule has 49 heavy (non-hydrogen) atoms. The van der Waals surface area contributed by atoms with E-state index in [1.807, 2.05) is 11.3 Å². The van der Waals surface area contributed by atoms with Gasteiger partial charge in [-0.05, 0) is 71.1 Å². The summed E-state index contributed by atoms with van der Waals surface area (Å²) in [4.78, 5) is 2.42. The summed E-state index contributed by atoms with van der Waals surface area (Å²) in [7, 11) is 0. The molecule has 10 rings (SSSR count). The van der Waals surface area contributed by atoms with Crippen LogP contribution in [0.4, 0.5) is 17.1 Å². The Labute approximate surface area is 288 Å². The van der Waals surface area contributed by atoms with Crippen LogP contribution < -0.4 is 4.90 Å². The minimum atomic E-state index is 1.11. The summed E-state index contributed by atoms with van der Waals surface area (Å²) < 4.78 is 5.11. The van der Waals surface area contributed by atoms with Gasteiger partial charge < -0.3 is 9.47 Å². The molecule has 0 saturated heterocycles. The van der Waals surface area contributed by atoms with E-state index >= 15 is 0 Å². The van der Waals surface area contributed by atoms with Crippen molar-refractivity contribution in [3.63, 3.8) is 0 Å². The molecule has 0 aliphatic carbocycles. The van der Waals surface area contributed by atoms with Crippen molar-refractivity contribution >= 4 is 81.1 Å². The third-order valence-corrected chi connectivity index (χ3v) is 11.0. The maximum atomic E-state index is 2.44. The van der Waals surface area contributed by atoms with E-state index in [4.69, 9.17) is 0 Å². The predicted molar refractivity (Wildman–Crippen MR) is 211 cm³/mol. The molecule has 0 fully saturated rings. The van der Waals surface area contributed by atoms with Gasteiger partial charge in [-0.2, -0.15) is 0 Å². The topological polar surface area (TPSA) is 8.17 Å². The molecule has 8 aromatic carbocycles. The SMILES string of the molecule is c1ccc(-c2ccc(N(c3ccc4c5c6sc7ccccc7c6ccc5n(-c5ccccc5)c4c3)c3cccc4ccccc34)cc2)cc1. The molecule has 0 saturated carbocycles. The minimum absolute atomic E-state index is 1.11. The molecule has 0 bridgehead atoms. The maximum Gasteiger partial charge on any atom is 0.0562 e. The Bertz CT molecular complexity index is 2810. The predicted octanol–water partition coefficient (Wildman–Crippen LogP) is 13.4. The van der Waals surface area contributed by atoms with Gasteiger partial charge in [-0.1, -0.05) is 127 Å². The molecule has 2 aromatic heterocycles. The fourth-order valence-electron chi connectivity index (χ4n) is 7.53. The summed E-state index contributed by atoms with van der Waals surface area (Å²) in [6.07, 6.45) is 0. The van der Waals surface area contributed by atoms with Crippen LogP contribution >= 0.6 is 11.3 Å². The van der Waals surface area contributed by atoms with E-state index in [1.54, 1.807) is 0 Å². The zero-order chi connectivity index (χ0) is 32.3. The lowest BCUT2D eigenvalue weighted by Gasteiger charge is -2.27. The summed E-state index contributed by atoms with van der Waals surface area (Å²) in [6.45, 7) is 0. The normalized spacial score (nSPS) is 11.7. The minimum Gasteiger partial charge on any atom is -0.310 e. The molecule has 0 spiro atoms. The second-order valence-electron chi connectivity index (χ2n) is 12.6. The smallest absolute Gasteiger partial charge is 0.0562 e. The average molecular weight is 643 g/mol. The Morgan fingerprint density at radius 3 is 1.92 bits per heavy atom. The third kappa shape index (κ3) is 4.47. The van der Waals surface area contributed by atoms with Crippen molar-refractivity contribution in [2.75, 3.05) is 4.90 Å². The zero-order valence-corrected chi connectivity index (χ0v) is 27.4. The van der Waals surface area contributed by atoms with Crippen LogP contribution in [0.3, 0.4) is 0 Å². The number of rotatable bonds is 5. The highest BCUT2D eigenvalue weighted by Gasteiger charge is 2.21. The van der Waals surface area contributed by atoms with Crippen LogP contribution in [-0.2, 0) is 0 Å². The van der Waals surface area contributed by atoms with E-state index in [2.05, 4.69) is 191 Å². The highest BCUT2D eigenvalue weighted by Crippen LogP contribution is 2.46. The van der Waals surface area contributed by atoms with Crippen molar-refractivity contribution in [2.24, 2.45) is 0 Å². The van der Waals surface area contributed by atoms with Crippen molar-refractivity contribution in [1.29, 1.82) is 0 Å². The molecule has 10 aromatic rings. The van der Waals surface area contributed by atoms with E-state index in [1.165, 1.54) is 63.9 Å². The molecule has 0 N–H and O–H groups in total. The number of hydrogen-bond acceptors (Lipinski definition) is 2. The lowest BCUT2D eigenvalue weighted by Crippen LogP contribution is -2.10. The molecule has 0 unspecified atom stereocenters. The van der Waals surface area contributed by atoms with Gasteiger partial charge in [-0.3, -0.25) is 0 Å². The van der Waals surface area contributed by atoms with Gasteiger partial charge in [0.2, 0.25) is 0 Å². The largest absolute Gasteiger partial charge is 0.310 e. The number of nitrogens with zero attached hydrogens (tertiary/aromatic N) is 2. The Balaban J connectivity index is 1.25. The zero-order valence-electron chi connectivity index (χ0n) is 26.6. The Kier molecular flexibility index (Phi) is 6.39. The van der Waals surface area contributed by atoms with Crippen LogP contribution in [0.1, 0.15) is 0 Å². The fraction of sp³-hybridized carbons (Fsp3) is 0. The van der Waals surface area contributed by atoms with E-state index in [9.17, 15) is 0 Å². The first-order valence-electron chi connectivity index (χ1n) is 16.7. The van der Waals surface area contributed by atoms with Gasteiger partial charge in [-0.15, -0.1) is 11.3 Å². The molecule has 3 heteroatoms. The first kappa shape index (κ1) is 27.9. The van der Waals surface area contributed by atoms with Gasteiger partial charge in [0.25, 0.3) is 0 Å². The lowest BCUT2D eigenvalue weighted by molar-refractivity contribution is 1.18. The number of fused-ring (bicyclic) bond motifs is 8. The van der Waals surface area contributed by atoms with Gasteiger partial charge >= 0.3 is 0 Å². The average Bonchev–Trinajstić information content (AvgIpc) is 3.71. The summed E-state index contributed by atoms with van der Waals surface area (Å²) >= 11 is 1.90. The van der Waals surface area contributed by atoms with Gasteiger partial charge in [0.15, 0.2) is 0 Å². The lowest BCUT2D eigenvalue weighted by atomic mass is 10.0. The number of benzene rings is 8. The number of thiophene rings is 1. The Morgan fingerprint density at radius 1 is 0.429 bits per heavy atom.